The van der Waals surface area contributed by atoms with Gasteiger partial charge >= 0.3 is 0 Å². The van der Waals surface area contributed by atoms with Crippen LogP contribution in [0.3, 0.4) is 0 Å². The maximum Gasteiger partial charge on any atom is 0.257 e. The molecule has 1 aromatic heterocycles. The van der Waals surface area contributed by atoms with E-state index in [9.17, 15) is 4.79 Å². The molecule has 0 aliphatic carbocycles. The first-order valence-electron chi connectivity index (χ1n) is 6.33. The molecular weight excluding hydrogens is 250 g/mol. The number of carbonyl (C=O) groups is 1. The fraction of sp³-hybridized carbons (Fsp3) is 0.643. The second-order valence-electron chi connectivity index (χ2n) is 5.31. The van der Waals surface area contributed by atoms with Crippen LogP contribution in [0, 0.1) is 0 Å². The lowest BCUT2D eigenvalue weighted by molar-refractivity contribution is 0.0771. The molecule has 0 fully saturated rings. The van der Waals surface area contributed by atoms with Crippen molar-refractivity contribution >= 4 is 17.5 Å². The predicted molar refractivity (Wildman–Crippen MR) is 74.2 cm³/mol. The molecule has 3 nitrogen and oxygen atoms in total. The zero-order chi connectivity index (χ0) is 13.9. The number of amides is 1. The maximum absolute atomic E-state index is 12.3. The van der Waals surface area contributed by atoms with Crippen molar-refractivity contribution in [2.24, 2.45) is 0 Å². The number of alkyl halides is 1. The molecule has 0 saturated heterocycles. The SMILES string of the molecule is CCN(CC)C(=O)c1cc(C(C)(C)C)oc1CCl. The summed E-state index contributed by atoms with van der Waals surface area (Å²) in [6.07, 6.45) is 0. The van der Waals surface area contributed by atoms with Gasteiger partial charge in [-0.25, -0.2) is 0 Å². The fourth-order valence-corrected chi connectivity index (χ4v) is 1.96. The lowest BCUT2D eigenvalue weighted by Gasteiger charge is -2.18. The minimum atomic E-state index is -0.122. The van der Waals surface area contributed by atoms with Gasteiger partial charge in [0.05, 0.1) is 11.4 Å². The first kappa shape index (κ1) is 15.1. The molecule has 1 aromatic rings. The van der Waals surface area contributed by atoms with Gasteiger partial charge in [0.2, 0.25) is 0 Å². The summed E-state index contributed by atoms with van der Waals surface area (Å²) in [5.41, 5.74) is 0.474. The molecule has 0 saturated carbocycles. The highest BCUT2D eigenvalue weighted by atomic mass is 35.5. The minimum absolute atomic E-state index is 0.00472. The minimum Gasteiger partial charge on any atom is -0.463 e. The third-order valence-electron chi connectivity index (χ3n) is 2.95. The monoisotopic (exact) mass is 271 g/mol. The fourth-order valence-electron chi connectivity index (χ4n) is 1.76. The van der Waals surface area contributed by atoms with Gasteiger partial charge in [0.25, 0.3) is 5.91 Å². The van der Waals surface area contributed by atoms with Crippen LogP contribution in [0.25, 0.3) is 0 Å². The lowest BCUT2D eigenvalue weighted by atomic mass is 9.93. The van der Waals surface area contributed by atoms with Crippen LogP contribution in [-0.2, 0) is 11.3 Å². The van der Waals surface area contributed by atoms with E-state index in [-0.39, 0.29) is 17.2 Å². The van der Waals surface area contributed by atoms with Gasteiger partial charge in [-0.3, -0.25) is 4.79 Å². The van der Waals surface area contributed by atoms with Gasteiger partial charge in [0.1, 0.15) is 11.5 Å². The Balaban J connectivity index is 3.16. The number of furan rings is 1. The molecule has 1 amide bonds. The summed E-state index contributed by atoms with van der Waals surface area (Å²) in [6.45, 7) is 11.5. The number of rotatable bonds is 4. The topological polar surface area (TPSA) is 33.5 Å². The van der Waals surface area contributed by atoms with Gasteiger partial charge in [-0.15, -0.1) is 11.6 Å². The molecule has 0 N–H and O–H groups in total. The molecule has 18 heavy (non-hydrogen) atoms. The Kier molecular flexibility index (Phi) is 4.85. The van der Waals surface area contributed by atoms with Crippen molar-refractivity contribution in [1.29, 1.82) is 0 Å². The average Bonchev–Trinajstić information content (AvgIpc) is 2.73. The van der Waals surface area contributed by atoms with E-state index in [0.717, 1.165) is 5.76 Å². The van der Waals surface area contributed by atoms with E-state index in [1.807, 2.05) is 19.9 Å². The van der Waals surface area contributed by atoms with E-state index in [2.05, 4.69) is 20.8 Å². The van der Waals surface area contributed by atoms with Crippen LogP contribution in [0.4, 0.5) is 0 Å². The molecule has 4 heteroatoms. The van der Waals surface area contributed by atoms with Crippen molar-refractivity contribution in [1.82, 2.24) is 4.90 Å². The smallest absolute Gasteiger partial charge is 0.257 e. The summed E-state index contributed by atoms with van der Waals surface area (Å²) in [5.74, 6) is 1.58. The zero-order valence-corrected chi connectivity index (χ0v) is 12.6. The maximum atomic E-state index is 12.3. The molecule has 0 aromatic carbocycles. The third-order valence-corrected chi connectivity index (χ3v) is 3.19. The van der Waals surface area contributed by atoms with E-state index in [1.165, 1.54) is 0 Å². The quantitative estimate of drug-likeness (QED) is 0.781. The van der Waals surface area contributed by atoms with Crippen molar-refractivity contribution in [3.63, 3.8) is 0 Å². The Morgan fingerprint density at radius 2 is 1.89 bits per heavy atom. The first-order valence-corrected chi connectivity index (χ1v) is 6.87. The molecule has 0 aliphatic rings. The van der Waals surface area contributed by atoms with Gasteiger partial charge in [-0.1, -0.05) is 20.8 Å². The van der Waals surface area contributed by atoms with Crippen LogP contribution >= 0.6 is 11.6 Å². The van der Waals surface area contributed by atoms with Crippen LogP contribution in [0.5, 0.6) is 0 Å². The van der Waals surface area contributed by atoms with Gasteiger partial charge in [-0.2, -0.15) is 0 Å². The number of hydrogen-bond acceptors (Lipinski definition) is 2. The first-order chi connectivity index (χ1) is 8.35. The van der Waals surface area contributed by atoms with Crippen LogP contribution in [-0.4, -0.2) is 23.9 Å². The van der Waals surface area contributed by atoms with E-state index in [0.29, 0.717) is 24.4 Å². The van der Waals surface area contributed by atoms with E-state index >= 15 is 0 Å². The third kappa shape index (κ3) is 3.08. The molecule has 102 valence electrons. The van der Waals surface area contributed by atoms with Gasteiger partial charge in [0, 0.05) is 18.5 Å². The predicted octanol–water partition coefficient (Wildman–Crippen LogP) is 3.80. The van der Waals surface area contributed by atoms with Gasteiger partial charge in [-0.05, 0) is 19.9 Å². The van der Waals surface area contributed by atoms with E-state index in [4.69, 9.17) is 16.0 Å². The number of halogens is 1. The summed E-state index contributed by atoms with van der Waals surface area (Å²) in [6, 6.07) is 1.83. The largest absolute Gasteiger partial charge is 0.463 e. The molecule has 0 spiro atoms. The molecule has 0 atom stereocenters. The normalized spacial score (nSPS) is 11.7. The molecule has 0 aliphatic heterocycles. The highest BCUT2D eigenvalue weighted by Crippen LogP contribution is 2.28. The number of carbonyl (C=O) groups excluding carboxylic acids is 1. The Hall–Kier alpha value is -0.960. The molecule has 0 radical (unpaired) electrons. The second kappa shape index (κ2) is 5.79. The average molecular weight is 272 g/mol. The summed E-state index contributed by atoms with van der Waals surface area (Å²) < 4.78 is 5.71. The highest BCUT2D eigenvalue weighted by Gasteiger charge is 2.26. The van der Waals surface area contributed by atoms with E-state index < -0.39 is 0 Å². The highest BCUT2D eigenvalue weighted by molar-refractivity contribution is 6.17. The second-order valence-corrected chi connectivity index (χ2v) is 5.58. The summed E-state index contributed by atoms with van der Waals surface area (Å²) in [7, 11) is 0. The van der Waals surface area contributed by atoms with Crippen molar-refractivity contribution in [2.45, 2.75) is 45.9 Å². The van der Waals surface area contributed by atoms with Gasteiger partial charge < -0.3 is 9.32 Å². The van der Waals surface area contributed by atoms with Crippen molar-refractivity contribution in [3.8, 4) is 0 Å². The summed E-state index contributed by atoms with van der Waals surface area (Å²) in [4.78, 5) is 14.1. The van der Waals surface area contributed by atoms with Crippen LogP contribution in [0.1, 0.15) is 56.5 Å². The van der Waals surface area contributed by atoms with Crippen LogP contribution in [0.15, 0.2) is 10.5 Å². The summed E-state index contributed by atoms with van der Waals surface area (Å²) in [5, 5.41) is 0. The Morgan fingerprint density at radius 1 is 1.33 bits per heavy atom. The molecule has 0 unspecified atom stereocenters. The molecule has 1 heterocycles. The van der Waals surface area contributed by atoms with Crippen molar-refractivity contribution < 1.29 is 9.21 Å². The Morgan fingerprint density at radius 3 is 2.28 bits per heavy atom. The number of hydrogen-bond donors (Lipinski definition) is 0. The Labute approximate surface area is 114 Å². The van der Waals surface area contributed by atoms with Crippen molar-refractivity contribution in [3.05, 3.63) is 23.2 Å². The van der Waals surface area contributed by atoms with Crippen molar-refractivity contribution in [2.75, 3.05) is 13.1 Å². The summed E-state index contributed by atoms with van der Waals surface area (Å²) >= 11 is 5.87. The standard InChI is InChI=1S/C14H22ClNO2/c1-6-16(7-2)13(17)10-8-12(14(3,4)5)18-11(10)9-15/h8H,6-7,9H2,1-5H3. The zero-order valence-electron chi connectivity index (χ0n) is 11.8. The molecule has 0 bridgehead atoms. The number of nitrogens with zero attached hydrogens (tertiary/aromatic N) is 1. The van der Waals surface area contributed by atoms with Gasteiger partial charge in [0.15, 0.2) is 0 Å². The van der Waals surface area contributed by atoms with Crippen LogP contribution < -0.4 is 0 Å². The molecular formula is C14H22ClNO2. The Bertz CT molecular complexity index is 414. The lowest BCUT2D eigenvalue weighted by Crippen LogP contribution is -2.30. The van der Waals surface area contributed by atoms with E-state index in [1.54, 1.807) is 4.90 Å². The molecule has 1 rings (SSSR count). The van der Waals surface area contributed by atoms with Crippen LogP contribution in [0.2, 0.25) is 0 Å².